The van der Waals surface area contributed by atoms with Crippen molar-refractivity contribution in [2.24, 2.45) is 5.92 Å². The summed E-state index contributed by atoms with van der Waals surface area (Å²) >= 11 is 0. The zero-order valence-electron chi connectivity index (χ0n) is 14.6. The number of nitrogens with one attached hydrogen (secondary N) is 3. The van der Waals surface area contributed by atoms with Crippen LogP contribution in [0.3, 0.4) is 0 Å². The van der Waals surface area contributed by atoms with Gasteiger partial charge < -0.3 is 15.3 Å². The number of H-pyrrole nitrogens is 2. The summed E-state index contributed by atoms with van der Waals surface area (Å²) in [5.41, 5.74) is 5.88. The molecule has 0 saturated heterocycles. The molecule has 1 aliphatic carbocycles. The van der Waals surface area contributed by atoms with Crippen LogP contribution in [0.4, 0.5) is 5.69 Å². The van der Waals surface area contributed by atoms with E-state index in [2.05, 4.69) is 15.3 Å². The van der Waals surface area contributed by atoms with E-state index in [4.69, 9.17) is 0 Å². The topological polar surface area (TPSA) is 77.8 Å². The molecule has 0 bridgehead atoms. The lowest BCUT2D eigenvalue weighted by molar-refractivity contribution is -0.117. The Labute approximate surface area is 145 Å². The van der Waals surface area contributed by atoms with Crippen LogP contribution >= 0.6 is 0 Å². The van der Waals surface area contributed by atoms with Crippen molar-refractivity contribution in [3.8, 4) is 11.4 Å². The highest BCUT2D eigenvalue weighted by molar-refractivity contribution is 6.09. The van der Waals surface area contributed by atoms with Crippen LogP contribution in [0.15, 0.2) is 24.3 Å². The summed E-state index contributed by atoms with van der Waals surface area (Å²) < 4.78 is 0. The lowest BCUT2D eigenvalue weighted by Crippen LogP contribution is -2.13. The Morgan fingerprint density at radius 3 is 2.44 bits per heavy atom. The molecule has 0 unspecified atom stereocenters. The van der Waals surface area contributed by atoms with Crippen LogP contribution in [0.25, 0.3) is 22.3 Å². The summed E-state index contributed by atoms with van der Waals surface area (Å²) in [5, 5.41) is 4.08. The van der Waals surface area contributed by atoms with Crippen LogP contribution in [0.5, 0.6) is 0 Å². The van der Waals surface area contributed by atoms with Crippen molar-refractivity contribution >= 4 is 28.3 Å². The van der Waals surface area contributed by atoms with Crippen LogP contribution in [0.1, 0.15) is 41.4 Å². The first-order valence-electron chi connectivity index (χ1n) is 8.59. The first kappa shape index (κ1) is 15.7. The Hall–Kier alpha value is -2.82. The van der Waals surface area contributed by atoms with Gasteiger partial charge in [0, 0.05) is 28.1 Å². The Bertz CT molecular complexity index is 1010. The van der Waals surface area contributed by atoms with E-state index in [0.29, 0.717) is 5.56 Å². The van der Waals surface area contributed by atoms with E-state index < -0.39 is 0 Å². The Kier molecular flexibility index (Phi) is 3.53. The Balaban J connectivity index is 1.91. The number of carbonyl (C=O) groups excluding carboxylic acids is 2. The normalized spacial score (nSPS) is 14.0. The van der Waals surface area contributed by atoms with Gasteiger partial charge in [0.15, 0.2) is 5.78 Å². The summed E-state index contributed by atoms with van der Waals surface area (Å²) in [6.07, 6.45) is 1.91. The molecule has 1 aliphatic rings. The zero-order valence-corrected chi connectivity index (χ0v) is 14.6. The second kappa shape index (κ2) is 5.62. The Morgan fingerprint density at radius 1 is 1.08 bits per heavy atom. The van der Waals surface area contributed by atoms with E-state index >= 15 is 0 Å². The third-order valence-corrected chi connectivity index (χ3v) is 4.94. The van der Waals surface area contributed by atoms with E-state index in [1.165, 1.54) is 0 Å². The van der Waals surface area contributed by atoms with Crippen molar-refractivity contribution in [1.82, 2.24) is 9.97 Å². The van der Waals surface area contributed by atoms with Crippen LogP contribution in [-0.4, -0.2) is 21.7 Å². The minimum absolute atomic E-state index is 0.0391. The maximum absolute atomic E-state index is 12.4. The molecule has 1 aromatic carbocycles. The molecule has 1 amide bonds. The first-order chi connectivity index (χ1) is 12.0. The van der Waals surface area contributed by atoms with Gasteiger partial charge in [0.1, 0.15) is 0 Å². The van der Waals surface area contributed by atoms with Gasteiger partial charge in [-0.3, -0.25) is 9.59 Å². The number of anilines is 1. The van der Waals surface area contributed by atoms with Gasteiger partial charge >= 0.3 is 0 Å². The molecule has 1 saturated carbocycles. The number of para-hydroxylation sites is 1. The molecule has 128 valence electrons. The van der Waals surface area contributed by atoms with Crippen LogP contribution < -0.4 is 5.32 Å². The van der Waals surface area contributed by atoms with E-state index in [1.54, 1.807) is 6.92 Å². The number of amides is 1. The van der Waals surface area contributed by atoms with Crippen LogP contribution in [0, 0.1) is 19.8 Å². The molecule has 0 radical (unpaired) electrons. The number of carbonyl (C=O) groups is 2. The second-order valence-electron chi connectivity index (χ2n) is 6.87. The van der Waals surface area contributed by atoms with Gasteiger partial charge in [0.2, 0.25) is 5.91 Å². The summed E-state index contributed by atoms with van der Waals surface area (Å²) in [4.78, 5) is 31.1. The quantitative estimate of drug-likeness (QED) is 0.621. The SMILES string of the molecule is CC(=O)c1c(C)[nH]c(-c2[nH]c3ccccc3c2NC(=O)C2CC2)c1C. The lowest BCUT2D eigenvalue weighted by atomic mass is 10.0. The predicted octanol–water partition coefficient (Wildman–Crippen LogP) is 4.33. The van der Waals surface area contributed by atoms with E-state index in [1.807, 2.05) is 38.1 Å². The molecular formula is C20H21N3O2. The first-order valence-corrected chi connectivity index (χ1v) is 8.59. The molecule has 2 heterocycles. The minimum atomic E-state index is 0.0391. The van der Waals surface area contributed by atoms with E-state index in [-0.39, 0.29) is 17.6 Å². The highest BCUT2D eigenvalue weighted by atomic mass is 16.2. The predicted molar refractivity (Wildman–Crippen MR) is 98.9 cm³/mol. The van der Waals surface area contributed by atoms with Crippen molar-refractivity contribution in [1.29, 1.82) is 0 Å². The average molecular weight is 335 g/mol. The van der Waals surface area contributed by atoms with Crippen molar-refractivity contribution in [2.75, 3.05) is 5.32 Å². The third-order valence-electron chi connectivity index (χ3n) is 4.94. The van der Waals surface area contributed by atoms with E-state index in [0.717, 1.165) is 52.1 Å². The number of ketones is 1. The maximum atomic E-state index is 12.4. The molecular weight excluding hydrogens is 314 g/mol. The van der Waals surface area contributed by atoms with Gasteiger partial charge in [0.25, 0.3) is 0 Å². The number of hydrogen-bond donors (Lipinski definition) is 3. The van der Waals surface area contributed by atoms with Gasteiger partial charge in [0.05, 0.1) is 17.1 Å². The van der Waals surface area contributed by atoms with Gasteiger partial charge in [-0.05, 0) is 45.2 Å². The summed E-state index contributed by atoms with van der Waals surface area (Å²) in [6, 6.07) is 7.90. The fourth-order valence-electron chi connectivity index (χ4n) is 3.56. The fraction of sp³-hybridized carbons (Fsp3) is 0.300. The average Bonchev–Trinajstić information content (AvgIpc) is 3.30. The number of Topliss-reactive ketones (excluding diaryl/α,β-unsaturated/α-hetero) is 1. The molecule has 4 rings (SSSR count). The molecule has 5 heteroatoms. The van der Waals surface area contributed by atoms with Crippen LogP contribution in [0.2, 0.25) is 0 Å². The summed E-state index contributed by atoms with van der Waals surface area (Å²) in [5.74, 6) is 0.233. The number of hydrogen-bond acceptors (Lipinski definition) is 2. The van der Waals surface area contributed by atoms with Gasteiger partial charge in [-0.2, -0.15) is 0 Å². The highest BCUT2D eigenvalue weighted by Crippen LogP contribution is 2.39. The number of aryl methyl sites for hydroxylation is 1. The molecule has 25 heavy (non-hydrogen) atoms. The van der Waals surface area contributed by atoms with Crippen molar-refractivity contribution < 1.29 is 9.59 Å². The molecule has 5 nitrogen and oxygen atoms in total. The lowest BCUT2D eigenvalue weighted by Gasteiger charge is -2.07. The molecule has 1 fully saturated rings. The molecule has 0 aliphatic heterocycles. The summed E-state index contributed by atoms with van der Waals surface area (Å²) in [7, 11) is 0. The summed E-state index contributed by atoms with van der Waals surface area (Å²) in [6.45, 7) is 5.42. The van der Waals surface area contributed by atoms with Gasteiger partial charge in [-0.15, -0.1) is 0 Å². The van der Waals surface area contributed by atoms with Crippen molar-refractivity contribution in [3.63, 3.8) is 0 Å². The minimum Gasteiger partial charge on any atom is -0.357 e. The van der Waals surface area contributed by atoms with Gasteiger partial charge in [-0.25, -0.2) is 0 Å². The molecule has 0 spiro atoms. The third kappa shape index (κ3) is 2.56. The van der Waals surface area contributed by atoms with Crippen LogP contribution in [-0.2, 0) is 4.79 Å². The molecule has 3 aromatic rings. The van der Waals surface area contributed by atoms with Crippen molar-refractivity contribution in [2.45, 2.75) is 33.6 Å². The number of rotatable bonds is 4. The number of aromatic amines is 2. The number of aromatic nitrogens is 2. The largest absolute Gasteiger partial charge is 0.357 e. The van der Waals surface area contributed by atoms with E-state index in [9.17, 15) is 9.59 Å². The fourth-order valence-corrected chi connectivity index (χ4v) is 3.56. The van der Waals surface area contributed by atoms with Crippen molar-refractivity contribution in [3.05, 3.63) is 41.1 Å². The van der Waals surface area contributed by atoms with Gasteiger partial charge in [-0.1, -0.05) is 18.2 Å². The maximum Gasteiger partial charge on any atom is 0.227 e. The number of benzene rings is 1. The second-order valence-corrected chi connectivity index (χ2v) is 6.87. The monoisotopic (exact) mass is 335 g/mol. The smallest absolute Gasteiger partial charge is 0.227 e. The highest BCUT2D eigenvalue weighted by Gasteiger charge is 2.31. The molecule has 2 aromatic heterocycles. The standard InChI is InChI=1S/C20H21N3O2/c1-10-16(12(3)24)11(2)21-17(10)19-18(23-20(25)13-8-9-13)14-6-4-5-7-15(14)22-19/h4-7,13,21-22H,8-9H2,1-3H3,(H,23,25). The number of fused-ring (bicyclic) bond motifs is 1. The zero-order chi connectivity index (χ0) is 17.7. The molecule has 0 atom stereocenters. The molecule has 3 N–H and O–H groups in total. The Morgan fingerprint density at radius 2 is 1.80 bits per heavy atom.